The molecule has 0 aromatic heterocycles. The molecule has 2 atom stereocenters. The minimum Gasteiger partial charge on any atom is -0.494 e. The number of aliphatic imine (C=N–C) groups is 1. The molecule has 0 saturated carbocycles. The van der Waals surface area contributed by atoms with Crippen molar-refractivity contribution in [1.29, 1.82) is 5.26 Å². The molecule has 1 aromatic carbocycles. The van der Waals surface area contributed by atoms with Crippen LogP contribution in [0.1, 0.15) is 25.5 Å². The van der Waals surface area contributed by atoms with Crippen LogP contribution in [0.15, 0.2) is 29.3 Å². The smallest absolute Gasteiger partial charge is 0.331 e. The lowest BCUT2D eigenvalue weighted by molar-refractivity contribution is -0.129. The van der Waals surface area contributed by atoms with Gasteiger partial charge in [-0.2, -0.15) is 5.26 Å². The van der Waals surface area contributed by atoms with E-state index in [9.17, 15) is 14.9 Å². The van der Waals surface area contributed by atoms with E-state index in [0.29, 0.717) is 6.61 Å². The third-order valence-electron chi connectivity index (χ3n) is 3.86. The summed E-state index contributed by atoms with van der Waals surface area (Å²) in [6.45, 7) is 4.30. The Morgan fingerprint density at radius 1 is 1.33 bits per heavy atom. The maximum atomic E-state index is 12.1. The zero-order valence-electron chi connectivity index (χ0n) is 14.2. The Morgan fingerprint density at radius 3 is 2.67 bits per heavy atom. The van der Waals surface area contributed by atoms with Crippen molar-refractivity contribution in [3.8, 4) is 11.8 Å². The number of carbonyl (C=O) groups is 2. The second-order valence-electron chi connectivity index (χ2n) is 5.47. The van der Waals surface area contributed by atoms with Crippen LogP contribution in [0.2, 0.25) is 0 Å². The molecule has 1 aliphatic rings. The molecule has 1 aromatic rings. The number of nitrogens with zero attached hydrogens (tertiary/aromatic N) is 4. The summed E-state index contributed by atoms with van der Waals surface area (Å²) in [5, 5.41) is 9.31. The van der Waals surface area contributed by atoms with Crippen molar-refractivity contribution in [1.82, 2.24) is 9.80 Å². The van der Waals surface area contributed by atoms with Crippen molar-refractivity contribution >= 4 is 17.8 Å². The molecule has 7 heteroatoms. The molecule has 24 heavy (non-hydrogen) atoms. The van der Waals surface area contributed by atoms with Crippen LogP contribution in [0.3, 0.4) is 0 Å². The number of rotatable bonds is 4. The van der Waals surface area contributed by atoms with E-state index in [1.165, 1.54) is 19.0 Å². The van der Waals surface area contributed by atoms with E-state index in [1.807, 2.05) is 44.2 Å². The van der Waals surface area contributed by atoms with Gasteiger partial charge in [-0.25, -0.2) is 4.79 Å². The van der Waals surface area contributed by atoms with Crippen molar-refractivity contribution in [2.45, 2.75) is 19.9 Å². The average molecular weight is 328 g/mol. The molecular weight excluding hydrogens is 308 g/mol. The van der Waals surface area contributed by atoms with Crippen LogP contribution in [0.25, 0.3) is 0 Å². The standard InChI is InChI=1S/C17H20N4O3/c1-5-24-13-8-6-7-12(9-13)11(2)19-15-14(10-18)16(22)21(4)17(23)20(15)3/h6-9,11,14H,5H2,1-4H3. The number of amides is 3. The van der Waals surface area contributed by atoms with Gasteiger partial charge in [0.2, 0.25) is 0 Å². The lowest BCUT2D eigenvalue weighted by atomic mass is 10.0. The van der Waals surface area contributed by atoms with Gasteiger partial charge in [-0.05, 0) is 31.5 Å². The van der Waals surface area contributed by atoms with Gasteiger partial charge in [-0.1, -0.05) is 12.1 Å². The molecule has 7 nitrogen and oxygen atoms in total. The molecule has 0 spiro atoms. The van der Waals surface area contributed by atoms with E-state index in [4.69, 9.17) is 4.74 Å². The molecule has 1 heterocycles. The highest BCUT2D eigenvalue weighted by Gasteiger charge is 2.41. The van der Waals surface area contributed by atoms with Gasteiger partial charge in [0.1, 0.15) is 11.6 Å². The summed E-state index contributed by atoms with van der Waals surface area (Å²) in [6.07, 6.45) is 0. The lowest BCUT2D eigenvalue weighted by Crippen LogP contribution is -2.56. The van der Waals surface area contributed by atoms with Gasteiger partial charge in [0.05, 0.1) is 18.7 Å². The van der Waals surface area contributed by atoms with E-state index in [2.05, 4.69) is 4.99 Å². The first kappa shape index (κ1) is 17.5. The molecule has 0 bridgehead atoms. The van der Waals surface area contributed by atoms with Crippen LogP contribution < -0.4 is 4.74 Å². The molecule has 1 fully saturated rings. The normalized spacial score (nSPS) is 21.0. The molecule has 126 valence electrons. The summed E-state index contributed by atoms with van der Waals surface area (Å²) in [5.41, 5.74) is 0.873. The first-order chi connectivity index (χ1) is 11.4. The van der Waals surface area contributed by atoms with Crippen molar-refractivity contribution in [3.63, 3.8) is 0 Å². The maximum absolute atomic E-state index is 12.1. The number of benzene rings is 1. The van der Waals surface area contributed by atoms with E-state index in [-0.39, 0.29) is 11.9 Å². The first-order valence-electron chi connectivity index (χ1n) is 7.66. The summed E-state index contributed by atoms with van der Waals surface area (Å²) in [6, 6.07) is 8.55. The number of amidine groups is 1. The van der Waals surface area contributed by atoms with Gasteiger partial charge in [-0.15, -0.1) is 0 Å². The zero-order valence-corrected chi connectivity index (χ0v) is 14.2. The van der Waals surface area contributed by atoms with E-state index < -0.39 is 17.9 Å². The Morgan fingerprint density at radius 2 is 2.04 bits per heavy atom. The number of nitriles is 1. The predicted octanol–water partition coefficient (Wildman–Crippen LogP) is 2.21. The van der Waals surface area contributed by atoms with Crippen LogP contribution >= 0.6 is 0 Å². The quantitative estimate of drug-likeness (QED) is 0.848. The second kappa shape index (κ2) is 7.13. The molecular formula is C17H20N4O3. The van der Waals surface area contributed by atoms with E-state index in [0.717, 1.165) is 16.2 Å². The number of imide groups is 1. The highest BCUT2D eigenvalue weighted by molar-refractivity contribution is 6.19. The summed E-state index contributed by atoms with van der Waals surface area (Å²) in [7, 11) is 2.87. The summed E-state index contributed by atoms with van der Waals surface area (Å²) in [4.78, 5) is 30.9. The van der Waals surface area contributed by atoms with Crippen LogP contribution in [-0.2, 0) is 4.79 Å². The molecule has 2 rings (SSSR count). The number of ether oxygens (including phenoxy) is 1. The minimum atomic E-state index is -1.09. The topological polar surface area (TPSA) is 86.0 Å². The second-order valence-corrected chi connectivity index (χ2v) is 5.47. The molecule has 1 aliphatic heterocycles. The highest BCUT2D eigenvalue weighted by atomic mass is 16.5. The fourth-order valence-electron chi connectivity index (χ4n) is 2.49. The molecule has 2 unspecified atom stereocenters. The van der Waals surface area contributed by atoms with Gasteiger partial charge >= 0.3 is 6.03 Å². The van der Waals surface area contributed by atoms with Crippen LogP contribution in [0.5, 0.6) is 5.75 Å². The Hall–Kier alpha value is -2.88. The van der Waals surface area contributed by atoms with Crippen molar-refractivity contribution < 1.29 is 14.3 Å². The van der Waals surface area contributed by atoms with Gasteiger partial charge in [0.15, 0.2) is 5.92 Å². The largest absolute Gasteiger partial charge is 0.494 e. The minimum absolute atomic E-state index is 0.167. The van der Waals surface area contributed by atoms with Crippen molar-refractivity contribution in [2.75, 3.05) is 20.7 Å². The molecule has 0 N–H and O–H groups in total. The Bertz CT molecular complexity index is 723. The Balaban J connectivity index is 2.37. The highest BCUT2D eigenvalue weighted by Crippen LogP contribution is 2.25. The third kappa shape index (κ3) is 3.23. The van der Waals surface area contributed by atoms with E-state index >= 15 is 0 Å². The molecule has 0 aliphatic carbocycles. The molecule has 3 amide bonds. The fraction of sp³-hybridized carbons (Fsp3) is 0.412. The Kier molecular flexibility index (Phi) is 5.19. The summed E-state index contributed by atoms with van der Waals surface area (Å²) < 4.78 is 5.47. The summed E-state index contributed by atoms with van der Waals surface area (Å²) >= 11 is 0. The average Bonchev–Trinajstić information content (AvgIpc) is 2.58. The fourth-order valence-corrected chi connectivity index (χ4v) is 2.49. The number of urea groups is 1. The number of hydrogen-bond acceptors (Lipinski definition) is 5. The first-order valence-corrected chi connectivity index (χ1v) is 7.66. The van der Waals surface area contributed by atoms with Crippen molar-refractivity contribution in [2.24, 2.45) is 10.9 Å². The van der Waals surface area contributed by atoms with E-state index in [1.54, 1.807) is 0 Å². The SMILES string of the molecule is CCOc1cccc(C(C)N=C2C(C#N)C(=O)N(C)C(=O)N2C)c1. The zero-order chi connectivity index (χ0) is 17.9. The third-order valence-corrected chi connectivity index (χ3v) is 3.86. The van der Waals surface area contributed by atoms with Gasteiger partial charge < -0.3 is 4.74 Å². The summed E-state index contributed by atoms with van der Waals surface area (Å²) in [5.74, 6) is -0.757. The monoisotopic (exact) mass is 328 g/mol. The van der Waals surface area contributed by atoms with Crippen molar-refractivity contribution in [3.05, 3.63) is 29.8 Å². The maximum Gasteiger partial charge on any atom is 0.331 e. The predicted molar refractivity (Wildman–Crippen MR) is 88.5 cm³/mol. The Labute approximate surface area is 141 Å². The van der Waals surface area contributed by atoms with Crippen LogP contribution in [-0.4, -0.2) is 48.3 Å². The number of carbonyl (C=O) groups excluding carboxylic acids is 2. The van der Waals surface area contributed by atoms with Gasteiger partial charge in [0, 0.05) is 14.1 Å². The number of hydrogen-bond donors (Lipinski definition) is 0. The van der Waals surface area contributed by atoms with Crippen LogP contribution in [0.4, 0.5) is 4.79 Å². The van der Waals surface area contributed by atoms with Gasteiger partial charge in [0.25, 0.3) is 5.91 Å². The molecule has 0 radical (unpaired) electrons. The van der Waals surface area contributed by atoms with Gasteiger partial charge in [-0.3, -0.25) is 19.6 Å². The molecule has 1 saturated heterocycles. The lowest BCUT2D eigenvalue weighted by Gasteiger charge is -2.33. The van der Waals surface area contributed by atoms with Crippen LogP contribution in [0, 0.1) is 17.2 Å².